The van der Waals surface area contributed by atoms with Gasteiger partial charge in [-0.25, -0.2) is 8.78 Å². The van der Waals surface area contributed by atoms with Gasteiger partial charge in [0.15, 0.2) is 0 Å². The fraction of sp³-hybridized carbons (Fsp3) is 0.364. The highest BCUT2D eigenvalue weighted by Gasteiger charge is 2.49. The molecule has 6 heteroatoms. The zero-order valence-electron chi connectivity index (χ0n) is 15.6. The van der Waals surface area contributed by atoms with E-state index in [2.05, 4.69) is 0 Å². The lowest BCUT2D eigenvalue weighted by molar-refractivity contribution is -0.131. The van der Waals surface area contributed by atoms with Gasteiger partial charge < -0.3 is 9.80 Å². The molecule has 0 unspecified atom stereocenters. The Balaban J connectivity index is 1.51. The SMILES string of the molecule is CC(=O)N1C[C@H]2CN(C(=O)Cc3cc(F)cc(F)c3)C[C@H]2[C@H]1c1ccccc1. The van der Waals surface area contributed by atoms with E-state index in [1.165, 1.54) is 12.1 Å². The number of carbonyl (C=O) groups excluding carboxylic acids is 2. The van der Waals surface area contributed by atoms with Crippen LogP contribution in [0.1, 0.15) is 24.1 Å². The van der Waals surface area contributed by atoms with Crippen molar-refractivity contribution >= 4 is 11.8 Å². The molecule has 4 nitrogen and oxygen atoms in total. The van der Waals surface area contributed by atoms with Crippen molar-refractivity contribution in [3.63, 3.8) is 0 Å². The predicted molar refractivity (Wildman–Crippen MR) is 100 cm³/mol. The lowest BCUT2D eigenvalue weighted by Crippen LogP contribution is -2.37. The molecule has 3 atom stereocenters. The molecule has 2 aromatic rings. The molecular weight excluding hydrogens is 362 g/mol. The van der Waals surface area contributed by atoms with Crippen molar-refractivity contribution in [1.82, 2.24) is 9.80 Å². The maximum absolute atomic E-state index is 13.4. The molecule has 2 amide bonds. The Morgan fingerprint density at radius 3 is 2.32 bits per heavy atom. The first-order valence-corrected chi connectivity index (χ1v) is 9.47. The minimum absolute atomic E-state index is 0.0272. The Hall–Kier alpha value is -2.76. The Morgan fingerprint density at radius 2 is 1.68 bits per heavy atom. The fourth-order valence-electron chi connectivity index (χ4n) is 4.65. The van der Waals surface area contributed by atoms with E-state index in [9.17, 15) is 18.4 Å². The maximum Gasteiger partial charge on any atom is 0.227 e. The summed E-state index contributed by atoms with van der Waals surface area (Å²) in [6.07, 6.45) is -0.0272. The summed E-state index contributed by atoms with van der Waals surface area (Å²) in [5.74, 6) is -1.08. The molecule has 2 aromatic carbocycles. The smallest absolute Gasteiger partial charge is 0.227 e. The van der Waals surface area contributed by atoms with Crippen molar-refractivity contribution in [3.8, 4) is 0 Å². The minimum atomic E-state index is -0.678. The largest absolute Gasteiger partial charge is 0.342 e. The number of hydrogen-bond acceptors (Lipinski definition) is 2. The van der Waals surface area contributed by atoms with Crippen LogP contribution in [0.15, 0.2) is 48.5 Å². The summed E-state index contributed by atoms with van der Waals surface area (Å²) in [7, 11) is 0. The number of hydrogen-bond donors (Lipinski definition) is 0. The molecule has 146 valence electrons. The van der Waals surface area contributed by atoms with Gasteiger partial charge in [-0.15, -0.1) is 0 Å². The van der Waals surface area contributed by atoms with E-state index in [1.54, 1.807) is 11.8 Å². The predicted octanol–water partition coefficient (Wildman–Crippen LogP) is 3.19. The van der Waals surface area contributed by atoms with Crippen LogP contribution in [0.5, 0.6) is 0 Å². The quantitative estimate of drug-likeness (QED) is 0.816. The number of fused-ring (bicyclic) bond motifs is 1. The van der Waals surface area contributed by atoms with E-state index in [0.717, 1.165) is 11.6 Å². The zero-order chi connectivity index (χ0) is 19.8. The molecule has 0 radical (unpaired) electrons. The number of amides is 2. The molecule has 0 spiro atoms. The van der Waals surface area contributed by atoms with Crippen molar-refractivity contribution < 1.29 is 18.4 Å². The first kappa shape index (κ1) is 18.6. The van der Waals surface area contributed by atoms with Gasteiger partial charge in [0.2, 0.25) is 11.8 Å². The minimum Gasteiger partial charge on any atom is -0.342 e. The molecule has 0 aliphatic carbocycles. The molecule has 2 saturated heterocycles. The van der Waals surface area contributed by atoms with Gasteiger partial charge in [0.25, 0.3) is 0 Å². The van der Waals surface area contributed by atoms with Crippen molar-refractivity contribution in [2.24, 2.45) is 11.8 Å². The summed E-state index contributed by atoms with van der Waals surface area (Å²) in [6, 6.07) is 13.0. The van der Waals surface area contributed by atoms with Gasteiger partial charge >= 0.3 is 0 Å². The van der Waals surface area contributed by atoms with Crippen molar-refractivity contribution in [3.05, 3.63) is 71.3 Å². The molecule has 0 bridgehead atoms. The second kappa shape index (κ2) is 7.34. The lowest BCUT2D eigenvalue weighted by atomic mass is 9.89. The van der Waals surface area contributed by atoms with E-state index in [0.29, 0.717) is 25.2 Å². The van der Waals surface area contributed by atoms with Crippen molar-refractivity contribution in [2.45, 2.75) is 19.4 Å². The van der Waals surface area contributed by atoms with Crippen LogP contribution in [0.25, 0.3) is 0 Å². The topological polar surface area (TPSA) is 40.6 Å². The first-order valence-electron chi connectivity index (χ1n) is 9.47. The first-order chi connectivity index (χ1) is 13.4. The van der Waals surface area contributed by atoms with Crippen LogP contribution in [-0.4, -0.2) is 41.2 Å². The molecule has 0 aromatic heterocycles. The van der Waals surface area contributed by atoms with Gasteiger partial charge in [-0.1, -0.05) is 30.3 Å². The summed E-state index contributed by atoms with van der Waals surface area (Å²) in [5.41, 5.74) is 1.41. The third-order valence-corrected chi connectivity index (χ3v) is 5.84. The van der Waals surface area contributed by atoms with Gasteiger partial charge in [-0.2, -0.15) is 0 Å². The summed E-state index contributed by atoms with van der Waals surface area (Å²) in [5, 5.41) is 0. The number of nitrogens with zero attached hydrogens (tertiary/aromatic N) is 2. The van der Waals surface area contributed by atoms with E-state index in [1.807, 2.05) is 35.2 Å². The third kappa shape index (κ3) is 3.51. The highest BCUT2D eigenvalue weighted by atomic mass is 19.1. The molecular formula is C22H22F2N2O2. The lowest BCUT2D eigenvalue weighted by Gasteiger charge is -2.29. The Kier molecular flexibility index (Phi) is 4.87. The Morgan fingerprint density at radius 1 is 1.00 bits per heavy atom. The summed E-state index contributed by atoms with van der Waals surface area (Å²) in [4.78, 5) is 28.5. The van der Waals surface area contributed by atoms with Gasteiger partial charge in [-0.3, -0.25) is 9.59 Å². The average Bonchev–Trinajstić information content (AvgIpc) is 3.19. The molecule has 2 fully saturated rings. The Labute approximate surface area is 162 Å². The van der Waals surface area contributed by atoms with E-state index < -0.39 is 11.6 Å². The van der Waals surface area contributed by atoms with Crippen LogP contribution in [0, 0.1) is 23.5 Å². The number of carbonyl (C=O) groups is 2. The standard InChI is InChI=1S/C22H22F2N2O2/c1-14(27)26-12-17-11-25(13-20(17)22(26)16-5-3-2-4-6-16)21(28)9-15-7-18(23)10-19(24)8-15/h2-8,10,17,20,22H,9,11-13H2,1H3/t17-,20-,22-/m1/s1. The second-order valence-electron chi connectivity index (χ2n) is 7.70. The monoisotopic (exact) mass is 384 g/mol. The zero-order valence-corrected chi connectivity index (χ0v) is 15.6. The number of halogens is 2. The normalized spacial score (nSPS) is 23.8. The molecule has 2 aliphatic rings. The summed E-state index contributed by atoms with van der Waals surface area (Å²) >= 11 is 0. The van der Waals surface area contributed by atoms with E-state index in [-0.39, 0.29) is 36.1 Å². The van der Waals surface area contributed by atoms with Crippen LogP contribution in [-0.2, 0) is 16.0 Å². The van der Waals surface area contributed by atoms with Gasteiger partial charge in [0, 0.05) is 44.5 Å². The molecule has 0 saturated carbocycles. The summed E-state index contributed by atoms with van der Waals surface area (Å²) < 4.78 is 26.8. The van der Waals surface area contributed by atoms with E-state index >= 15 is 0 Å². The maximum atomic E-state index is 13.4. The third-order valence-electron chi connectivity index (χ3n) is 5.84. The molecule has 2 aliphatic heterocycles. The van der Waals surface area contributed by atoms with Gasteiger partial charge in [-0.05, 0) is 23.3 Å². The molecule has 0 N–H and O–H groups in total. The van der Waals surface area contributed by atoms with Gasteiger partial charge in [0.05, 0.1) is 12.5 Å². The Bertz CT molecular complexity index is 882. The molecule has 4 rings (SSSR count). The van der Waals surface area contributed by atoms with E-state index in [4.69, 9.17) is 0 Å². The number of rotatable bonds is 3. The van der Waals surface area contributed by atoms with Gasteiger partial charge in [0.1, 0.15) is 11.6 Å². The van der Waals surface area contributed by atoms with Crippen molar-refractivity contribution in [1.29, 1.82) is 0 Å². The fourth-order valence-corrected chi connectivity index (χ4v) is 4.65. The van der Waals surface area contributed by atoms with Crippen LogP contribution < -0.4 is 0 Å². The van der Waals surface area contributed by atoms with Crippen LogP contribution in [0.4, 0.5) is 8.78 Å². The highest BCUT2D eigenvalue weighted by molar-refractivity contribution is 5.79. The van der Waals surface area contributed by atoms with Crippen molar-refractivity contribution in [2.75, 3.05) is 19.6 Å². The van der Waals surface area contributed by atoms with Crippen LogP contribution in [0.2, 0.25) is 0 Å². The highest BCUT2D eigenvalue weighted by Crippen LogP contribution is 2.45. The van der Waals surface area contributed by atoms with Crippen LogP contribution >= 0.6 is 0 Å². The average molecular weight is 384 g/mol. The number of likely N-dealkylation sites (tertiary alicyclic amines) is 2. The second-order valence-corrected chi connectivity index (χ2v) is 7.70. The molecule has 28 heavy (non-hydrogen) atoms. The van der Waals surface area contributed by atoms with Crippen LogP contribution in [0.3, 0.4) is 0 Å². The molecule has 2 heterocycles. The summed E-state index contributed by atoms with van der Waals surface area (Å²) in [6.45, 7) is 3.31. The number of benzene rings is 2.